The van der Waals surface area contributed by atoms with Crippen molar-refractivity contribution >= 4 is 17.6 Å². The number of hydrogen-bond acceptors (Lipinski definition) is 5. The van der Waals surface area contributed by atoms with Gasteiger partial charge in [0.2, 0.25) is 0 Å². The molecule has 32 heavy (non-hydrogen) atoms. The number of amides is 1. The van der Waals surface area contributed by atoms with Crippen LogP contribution in [0.1, 0.15) is 27.5 Å². The first-order chi connectivity index (χ1) is 15.6. The van der Waals surface area contributed by atoms with Crippen molar-refractivity contribution in [1.29, 1.82) is 0 Å². The summed E-state index contributed by atoms with van der Waals surface area (Å²) in [4.78, 5) is 29.0. The topological polar surface area (TPSA) is 75.9 Å². The zero-order valence-electron chi connectivity index (χ0n) is 17.9. The fourth-order valence-electron chi connectivity index (χ4n) is 4.08. The van der Waals surface area contributed by atoms with Gasteiger partial charge in [0.25, 0.3) is 5.91 Å². The van der Waals surface area contributed by atoms with Crippen LogP contribution in [0.4, 0.5) is 5.69 Å². The Morgan fingerprint density at radius 2 is 1.41 bits per heavy atom. The molecule has 0 bridgehead atoms. The summed E-state index contributed by atoms with van der Waals surface area (Å²) in [6, 6.07) is 27.5. The maximum absolute atomic E-state index is 12.6. The molecular formula is C26H27N3O3. The Balaban J connectivity index is 1.36. The fourth-order valence-corrected chi connectivity index (χ4v) is 4.08. The number of ether oxygens (including phenoxy) is 1. The first-order valence-corrected chi connectivity index (χ1v) is 10.8. The van der Waals surface area contributed by atoms with Crippen LogP contribution in [0.5, 0.6) is 0 Å². The van der Waals surface area contributed by atoms with Gasteiger partial charge in [-0.15, -0.1) is 0 Å². The smallest absolute Gasteiger partial charge is 0.338 e. The van der Waals surface area contributed by atoms with Gasteiger partial charge in [-0.05, 0) is 29.3 Å². The number of esters is 1. The highest BCUT2D eigenvalue weighted by Gasteiger charge is 2.28. The number of carbonyl (C=O) groups is 2. The van der Waals surface area contributed by atoms with Gasteiger partial charge in [0.05, 0.1) is 11.6 Å². The van der Waals surface area contributed by atoms with Crippen molar-refractivity contribution in [2.45, 2.75) is 6.04 Å². The summed E-state index contributed by atoms with van der Waals surface area (Å²) in [5.74, 6) is -0.726. The summed E-state index contributed by atoms with van der Waals surface area (Å²) in [5.41, 5.74) is 8.99. The molecule has 1 amide bonds. The first kappa shape index (κ1) is 21.6. The van der Waals surface area contributed by atoms with Crippen LogP contribution in [0.3, 0.4) is 0 Å². The van der Waals surface area contributed by atoms with Gasteiger partial charge in [0, 0.05) is 31.9 Å². The number of nitrogens with zero attached hydrogens (tertiary/aromatic N) is 2. The highest BCUT2D eigenvalue weighted by Crippen LogP contribution is 2.29. The van der Waals surface area contributed by atoms with Crippen molar-refractivity contribution in [3.05, 3.63) is 102 Å². The predicted octanol–water partition coefficient (Wildman–Crippen LogP) is 3.36. The number of nitrogen functional groups attached to an aromatic ring is 1. The zero-order valence-corrected chi connectivity index (χ0v) is 17.9. The molecular weight excluding hydrogens is 402 g/mol. The van der Waals surface area contributed by atoms with E-state index < -0.39 is 5.97 Å². The number of nitrogens with two attached hydrogens (primary N) is 1. The number of piperazine rings is 1. The molecule has 0 unspecified atom stereocenters. The molecule has 3 aromatic rings. The molecule has 4 rings (SSSR count). The van der Waals surface area contributed by atoms with Gasteiger partial charge in [0.15, 0.2) is 6.61 Å². The van der Waals surface area contributed by atoms with Crippen LogP contribution >= 0.6 is 0 Å². The van der Waals surface area contributed by atoms with Crippen LogP contribution in [0, 0.1) is 0 Å². The van der Waals surface area contributed by atoms with E-state index in [2.05, 4.69) is 53.4 Å². The number of anilines is 1. The summed E-state index contributed by atoms with van der Waals surface area (Å²) in [7, 11) is 0. The summed E-state index contributed by atoms with van der Waals surface area (Å²) < 4.78 is 5.21. The lowest BCUT2D eigenvalue weighted by molar-refractivity contribution is -0.136. The molecule has 6 nitrogen and oxygen atoms in total. The molecule has 2 N–H and O–H groups in total. The standard InChI is InChI=1S/C26H27N3O3/c27-23-13-7-12-22(18-23)26(31)32-19-24(30)28-14-16-29(17-15-28)25(20-8-3-1-4-9-20)21-10-5-2-6-11-21/h1-13,18,25H,14-17,19,27H2. The highest BCUT2D eigenvalue weighted by molar-refractivity contribution is 5.92. The molecule has 0 aliphatic carbocycles. The Hall–Kier alpha value is -3.64. The molecule has 1 aliphatic heterocycles. The lowest BCUT2D eigenvalue weighted by Crippen LogP contribution is -2.50. The molecule has 0 radical (unpaired) electrons. The predicted molar refractivity (Wildman–Crippen MR) is 124 cm³/mol. The van der Waals surface area contributed by atoms with E-state index in [0.29, 0.717) is 24.3 Å². The number of carbonyl (C=O) groups excluding carboxylic acids is 2. The van der Waals surface area contributed by atoms with Gasteiger partial charge in [-0.2, -0.15) is 0 Å². The summed E-state index contributed by atoms with van der Waals surface area (Å²) in [6.45, 7) is 2.39. The summed E-state index contributed by atoms with van der Waals surface area (Å²) in [6.07, 6.45) is 0. The minimum atomic E-state index is -0.544. The van der Waals surface area contributed by atoms with E-state index in [-0.39, 0.29) is 18.6 Å². The average molecular weight is 430 g/mol. The van der Waals surface area contributed by atoms with E-state index in [1.807, 2.05) is 12.1 Å². The normalized spacial score (nSPS) is 14.3. The maximum Gasteiger partial charge on any atom is 0.338 e. The van der Waals surface area contributed by atoms with Gasteiger partial charge in [-0.3, -0.25) is 9.69 Å². The van der Waals surface area contributed by atoms with Crippen molar-refractivity contribution < 1.29 is 14.3 Å². The Morgan fingerprint density at radius 3 is 1.97 bits per heavy atom. The Bertz CT molecular complexity index is 1010. The molecule has 0 atom stereocenters. The third-order valence-electron chi connectivity index (χ3n) is 5.71. The van der Waals surface area contributed by atoms with Crippen molar-refractivity contribution in [2.75, 3.05) is 38.5 Å². The van der Waals surface area contributed by atoms with E-state index in [1.54, 1.807) is 29.2 Å². The molecule has 1 aliphatic rings. The molecule has 0 spiro atoms. The second kappa shape index (κ2) is 10.1. The summed E-state index contributed by atoms with van der Waals surface area (Å²) >= 11 is 0. The van der Waals surface area contributed by atoms with Crippen LogP contribution in [-0.4, -0.2) is 54.5 Å². The molecule has 0 saturated carbocycles. The largest absolute Gasteiger partial charge is 0.452 e. The minimum Gasteiger partial charge on any atom is -0.452 e. The van der Waals surface area contributed by atoms with Crippen molar-refractivity contribution in [2.24, 2.45) is 0 Å². The average Bonchev–Trinajstić information content (AvgIpc) is 2.84. The lowest BCUT2D eigenvalue weighted by atomic mass is 9.96. The second-order valence-electron chi connectivity index (χ2n) is 7.84. The molecule has 6 heteroatoms. The summed E-state index contributed by atoms with van der Waals surface area (Å²) in [5, 5.41) is 0. The molecule has 1 fully saturated rings. The van der Waals surface area contributed by atoms with Crippen molar-refractivity contribution in [3.8, 4) is 0 Å². The van der Waals surface area contributed by atoms with Gasteiger partial charge < -0.3 is 15.4 Å². The molecule has 164 valence electrons. The molecule has 0 aromatic heterocycles. The molecule has 1 saturated heterocycles. The minimum absolute atomic E-state index is 0.135. The second-order valence-corrected chi connectivity index (χ2v) is 7.84. The monoisotopic (exact) mass is 429 g/mol. The number of hydrogen-bond donors (Lipinski definition) is 1. The first-order valence-electron chi connectivity index (χ1n) is 10.8. The van der Waals surface area contributed by atoms with Gasteiger partial charge in [0.1, 0.15) is 0 Å². The number of rotatable bonds is 6. The van der Waals surface area contributed by atoms with Gasteiger partial charge in [-0.25, -0.2) is 4.79 Å². The van der Waals surface area contributed by atoms with Gasteiger partial charge in [-0.1, -0.05) is 66.7 Å². The van der Waals surface area contributed by atoms with E-state index in [1.165, 1.54) is 11.1 Å². The Kier molecular flexibility index (Phi) is 6.82. The molecule has 3 aromatic carbocycles. The van der Waals surface area contributed by atoms with Gasteiger partial charge >= 0.3 is 5.97 Å². The van der Waals surface area contributed by atoms with Crippen LogP contribution in [0.2, 0.25) is 0 Å². The van der Waals surface area contributed by atoms with Crippen LogP contribution in [0.15, 0.2) is 84.9 Å². The fraction of sp³-hybridized carbons (Fsp3) is 0.231. The zero-order chi connectivity index (χ0) is 22.3. The SMILES string of the molecule is Nc1cccc(C(=O)OCC(=O)N2CCN(C(c3ccccc3)c3ccccc3)CC2)c1. The van der Waals surface area contributed by atoms with Crippen LogP contribution in [0.25, 0.3) is 0 Å². The van der Waals surface area contributed by atoms with Crippen molar-refractivity contribution in [3.63, 3.8) is 0 Å². The van der Waals surface area contributed by atoms with E-state index in [9.17, 15) is 9.59 Å². The van der Waals surface area contributed by atoms with Crippen LogP contribution < -0.4 is 5.73 Å². The quantitative estimate of drug-likeness (QED) is 0.480. The lowest BCUT2D eigenvalue weighted by Gasteiger charge is -2.39. The van der Waals surface area contributed by atoms with E-state index >= 15 is 0 Å². The Morgan fingerprint density at radius 1 is 0.812 bits per heavy atom. The molecule has 1 heterocycles. The van der Waals surface area contributed by atoms with E-state index in [4.69, 9.17) is 10.5 Å². The van der Waals surface area contributed by atoms with Crippen LogP contribution in [-0.2, 0) is 9.53 Å². The Labute approximate surface area is 188 Å². The highest BCUT2D eigenvalue weighted by atomic mass is 16.5. The van der Waals surface area contributed by atoms with Crippen molar-refractivity contribution in [1.82, 2.24) is 9.80 Å². The third-order valence-corrected chi connectivity index (χ3v) is 5.71. The van der Waals surface area contributed by atoms with E-state index in [0.717, 1.165) is 13.1 Å². The maximum atomic E-state index is 12.6. The third kappa shape index (κ3) is 5.15. The number of benzene rings is 3.